The number of aromatic nitrogens is 3. The zero-order valence-corrected chi connectivity index (χ0v) is 25.1. The second-order valence-corrected chi connectivity index (χ2v) is 13.3. The van der Waals surface area contributed by atoms with Crippen LogP contribution in [0.2, 0.25) is 10.0 Å². The lowest BCUT2D eigenvalue weighted by atomic mass is 9.90. The summed E-state index contributed by atoms with van der Waals surface area (Å²) in [6.45, 7) is 3.52. The number of benzene rings is 2. The summed E-state index contributed by atoms with van der Waals surface area (Å²) < 4.78 is 59.9. The van der Waals surface area contributed by atoms with Gasteiger partial charge in [-0.3, -0.25) is 4.79 Å². The highest BCUT2D eigenvalue weighted by atomic mass is 35.5. The van der Waals surface area contributed by atoms with Crippen LogP contribution in [0.15, 0.2) is 45.7 Å². The van der Waals surface area contributed by atoms with Crippen LogP contribution in [0.5, 0.6) is 0 Å². The summed E-state index contributed by atoms with van der Waals surface area (Å²) in [6, 6.07) is 7.57. The molecule has 2 aromatic carbocycles. The predicted molar refractivity (Wildman–Crippen MR) is 151 cm³/mol. The highest BCUT2D eigenvalue weighted by molar-refractivity contribution is 7.89. The number of aliphatic carboxylic acids is 1. The van der Waals surface area contributed by atoms with E-state index < -0.39 is 39.9 Å². The maximum absolute atomic E-state index is 13.5. The monoisotopic (exact) mass is 644 g/mol. The average molecular weight is 646 g/mol. The molecule has 0 aliphatic rings. The molecule has 2 N–H and O–H groups in total. The molecule has 0 saturated heterocycles. The predicted octanol–water partition coefficient (Wildman–Crippen LogP) is 6.19. The zero-order valence-electron chi connectivity index (χ0n) is 21.9. The Morgan fingerprint density at radius 1 is 1.15 bits per heavy atom. The van der Waals surface area contributed by atoms with Crippen LogP contribution >= 0.6 is 34.5 Å². The molecule has 0 bridgehead atoms. The lowest BCUT2D eigenvalue weighted by molar-refractivity contribution is -0.147. The standard InChI is InChI=1S/C26H24Cl2F2N4O5S2/c1-13(12-29)34-41(37,38)18-9-8-16(20(27)21(18)28)22-17(10-14-4-6-15(30)7-5-14)31-24(40-22)23-33-32-19(39-23)11-26(2,3)25(35)36/h4-9,13,34H,10-12H2,1-3H3,(H,35,36)/t13-/m0/s1. The molecular weight excluding hydrogens is 621 g/mol. The molecule has 218 valence electrons. The first-order valence-electron chi connectivity index (χ1n) is 12.1. The number of hydrogen-bond acceptors (Lipinski definition) is 8. The SMILES string of the molecule is C[C@@H](CF)NS(=O)(=O)c1ccc(-c2sc(-c3nnc(CC(C)(C)C(=O)O)o3)nc2Cc2ccc(F)cc2)c(Cl)c1Cl. The van der Waals surface area contributed by atoms with Crippen LogP contribution in [0.3, 0.4) is 0 Å². The number of thiazole rings is 1. The molecule has 0 aliphatic carbocycles. The average Bonchev–Trinajstić information content (AvgIpc) is 3.53. The number of carboxylic acid groups (broad SMARTS) is 1. The zero-order chi connectivity index (χ0) is 30.1. The van der Waals surface area contributed by atoms with E-state index in [1.54, 1.807) is 12.1 Å². The molecule has 0 unspecified atom stereocenters. The molecule has 0 spiro atoms. The van der Waals surface area contributed by atoms with Gasteiger partial charge in [-0.15, -0.1) is 21.5 Å². The summed E-state index contributed by atoms with van der Waals surface area (Å²) in [5.41, 5.74) is 0.431. The van der Waals surface area contributed by atoms with E-state index in [9.17, 15) is 27.1 Å². The van der Waals surface area contributed by atoms with Crippen molar-refractivity contribution in [1.82, 2.24) is 19.9 Å². The Morgan fingerprint density at radius 3 is 2.46 bits per heavy atom. The molecule has 4 aromatic rings. The van der Waals surface area contributed by atoms with E-state index >= 15 is 0 Å². The van der Waals surface area contributed by atoms with Gasteiger partial charge in [-0.1, -0.05) is 41.4 Å². The van der Waals surface area contributed by atoms with E-state index in [1.807, 2.05) is 0 Å². The van der Waals surface area contributed by atoms with Crippen LogP contribution in [0.4, 0.5) is 8.78 Å². The number of sulfonamides is 1. The third-order valence-corrected chi connectivity index (χ3v) is 9.72. The number of nitrogens with one attached hydrogen (secondary N) is 1. The highest BCUT2D eigenvalue weighted by Crippen LogP contribution is 2.43. The normalized spacial score (nSPS) is 13.0. The van der Waals surface area contributed by atoms with Crippen molar-refractivity contribution in [3.8, 4) is 21.3 Å². The van der Waals surface area contributed by atoms with E-state index in [-0.39, 0.29) is 39.6 Å². The Kier molecular flexibility index (Phi) is 9.14. The van der Waals surface area contributed by atoms with Crippen LogP contribution in [0, 0.1) is 11.2 Å². The summed E-state index contributed by atoms with van der Waals surface area (Å²) in [4.78, 5) is 16.4. The molecule has 0 saturated carbocycles. The first-order valence-corrected chi connectivity index (χ1v) is 15.1. The lowest BCUT2D eigenvalue weighted by Gasteiger charge is -2.15. The van der Waals surface area contributed by atoms with Gasteiger partial charge < -0.3 is 9.52 Å². The second kappa shape index (κ2) is 12.1. The summed E-state index contributed by atoms with van der Waals surface area (Å²) in [5, 5.41) is 17.4. The van der Waals surface area contributed by atoms with Crippen molar-refractivity contribution in [3.05, 3.63) is 69.4 Å². The molecule has 4 rings (SSSR count). The van der Waals surface area contributed by atoms with E-state index in [2.05, 4.69) is 19.9 Å². The number of alkyl halides is 1. The minimum Gasteiger partial charge on any atom is -0.481 e. The summed E-state index contributed by atoms with van der Waals surface area (Å²) in [6.07, 6.45) is 0.227. The molecule has 0 aliphatic heterocycles. The van der Waals surface area contributed by atoms with Gasteiger partial charge in [0, 0.05) is 24.4 Å². The third kappa shape index (κ3) is 6.92. The van der Waals surface area contributed by atoms with Crippen molar-refractivity contribution in [2.75, 3.05) is 6.67 Å². The fraction of sp³-hybridized carbons (Fsp3) is 0.308. The van der Waals surface area contributed by atoms with Crippen molar-refractivity contribution in [2.24, 2.45) is 5.41 Å². The molecule has 1 atom stereocenters. The highest BCUT2D eigenvalue weighted by Gasteiger charge is 2.31. The second-order valence-electron chi connectivity index (χ2n) is 9.88. The molecule has 0 fully saturated rings. The van der Waals surface area contributed by atoms with Crippen molar-refractivity contribution in [3.63, 3.8) is 0 Å². The van der Waals surface area contributed by atoms with Crippen LogP contribution in [0.25, 0.3) is 21.3 Å². The number of nitrogens with zero attached hydrogens (tertiary/aromatic N) is 3. The topological polar surface area (TPSA) is 135 Å². The van der Waals surface area contributed by atoms with Gasteiger partial charge >= 0.3 is 5.97 Å². The number of carbonyl (C=O) groups is 1. The van der Waals surface area contributed by atoms with Crippen molar-refractivity contribution in [2.45, 2.75) is 44.6 Å². The van der Waals surface area contributed by atoms with Gasteiger partial charge in [0.2, 0.25) is 15.9 Å². The largest absolute Gasteiger partial charge is 0.481 e. The lowest BCUT2D eigenvalue weighted by Crippen LogP contribution is -2.34. The van der Waals surface area contributed by atoms with Gasteiger partial charge in [-0.25, -0.2) is 26.9 Å². The number of hydrogen-bond donors (Lipinski definition) is 2. The van der Waals surface area contributed by atoms with Gasteiger partial charge in [0.15, 0.2) is 5.01 Å². The Hall–Kier alpha value is -2.97. The van der Waals surface area contributed by atoms with Crippen LogP contribution in [-0.4, -0.2) is 47.4 Å². The maximum Gasteiger partial charge on any atom is 0.309 e. The first kappa shape index (κ1) is 31.0. The fourth-order valence-electron chi connectivity index (χ4n) is 3.71. The van der Waals surface area contributed by atoms with E-state index in [1.165, 1.54) is 45.0 Å². The van der Waals surface area contributed by atoms with Gasteiger partial charge in [0.05, 0.1) is 26.0 Å². The van der Waals surface area contributed by atoms with Gasteiger partial charge in [-0.2, -0.15) is 0 Å². The van der Waals surface area contributed by atoms with Crippen molar-refractivity contribution in [1.29, 1.82) is 0 Å². The third-order valence-electron chi connectivity index (χ3n) is 5.97. The van der Waals surface area contributed by atoms with E-state index in [4.69, 9.17) is 27.6 Å². The summed E-state index contributed by atoms with van der Waals surface area (Å²) in [5.74, 6) is -1.28. The molecule has 9 nitrogen and oxygen atoms in total. The van der Waals surface area contributed by atoms with Crippen molar-refractivity contribution >= 4 is 50.5 Å². The number of rotatable bonds is 11. The van der Waals surface area contributed by atoms with Gasteiger partial charge in [0.1, 0.15) is 17.4 Å². The molecule has 41 heavy (non-hydrogen) atoms. The smallest absolute Gasteiger partial charge is 0.309 e. The molecule has 15 heteroatoms. The van der Waals surface area contributed by atoms with Crippen molar-refractivity contribution < 1.29 is 31.5 Å². The Labute approximate surface area is 248 Å². The Balaban J connectivity index is 1.78. The summed E-state index contributed by atoms with van der Waals surface area (Å²) >= 11 is 14.1. The molecule has 0 amide bonds. The Morgan fingerprint density at radius 2 is 1.83 bits per heavy atom. The first-order chi connectivity index (χ1) is 19.2. The van der Waals surface area contributed by atoms with E-state index in [0.29, 0.717) is 21.1 Å². The Bertz CT molecular complexity index is 1690. The summed E-state index contributed by atoms with van der Waals surface area (Å²) in [7, 11) is -4.17. The van der Waals surface area contributed by atoms with Gasteiger partial charge in [-0.05, 0) is 44.5 Å². The van der Waals surface area contributed by atoms with Crippen LogP contribution in [-0.2, 0) is 27.7 Å². The number of carboxylic acids is 1. The van der Waals surface area contributed by atoms with Gasteiger partial charge in [0.25, 0.3) is 5.89 Å². The molecule has 2 heterocycles. The molecule has 0 radical (unpaired) electrons. The minimum absolute atomic E-state index is 0.0115. The van der Waals surface area contributed by atoms with Crippen LogP contribution < -0.4 is 4.72 Å². The molecular formula is C26H24Cl2F2N4O5S2. The maximum atomic E-state index is 13.5. The minimum atomic E-state index is -4.17. The quantitative estimate of drug-likeness (QED) is 0.197. The molecule has 2 aromatic heterocycles. The fourth-order valence-corrected chi connectivity index (χ4v) is 6.89. The van der Waals surface area contributed by atoms with Crippen LogP contribution in [0.1, 0.15) is 37.9 Å². The number of halogens is 4. The van der Waals surface area contributed by atoms with E-state index in [0.717, 1.165) is 16.9 Å².